The average Bonchev–Trinajstić information content (AvgIpc) is 3.08. The summed E-state index contributed by atoms with van der Waals surface area (Å²) in [4.78, 5) is 39.5. The topological polar surface area (TPSA) is 69.7 Å². The monoisotopic (exact) mass is 448 g/mol. The minimum Gasteiger partial charge on any atom is -0.400 e. The van der Waals surface area contributed by atoms with Crippen molar-refractivity contribution < 1.29 is 23.7 Å². The molecule has 1 saturated heterocycles. The van der Waals surface area contributed by atoms with Crippen LogP contribution in [0.2, 0.25) is 0 Å². The van der Waals surface area contributed by atoms with Gasteiger partial charge in [-0.2, -0.15) is 0 Å². The Balaban J connectivity index is 1.35. The number of Topliss-reactive ketones (excluding diaryl/α,β-unsaturated/α-hetero) is 3. The number of carbonyl (C=O) groups excluding carboxylic acids is 3. The summed E-state index contributed by atoms with van der Waals surface area (Å²) >= 11 is 0. The summed E-state index contributed by atoms with van der Waals surface area (Å²) in [7, 11) is -0.579. The number of hydrogen-bond acceptors (Lipinski definition) is 5. The van der Waals surface area contributed by atoms with Crippen molar-refractivity contribution in [3.63, 3.8) is 0 Å². The van der Waals surface area contributed by atoms with Crippen LogP contribution < -0.4 is 5.46 Å². The van der Waals surface area contributed by atoms with Gasteiger partial charge >= 0.3 is 7.12 Å². The molecule has 0 radical (unpaired) electrons. The van der Waals surface area contributed by atoms with Crippen LogP contribution in [-0.2, 0) is 23.7 Å². The Kier molecular flexibility index (Phi) is 4.84. The van der Waals surface area contributed by atoms with Crippen molar-refractivity contribution in [2.75, 3.05) is 6.61 Å². The number of benzene rings is 1. The van der Waals surface area contributed by atoms with E-state index < -0.39 is 18.1 Å². The van der Waals surface area contributed by atoms with E-state index in [2.05, 4.69) is 13.8 Å². The van der Waals surface area contributed by atoms with Gasteiger partial charge in [0.25, 0.3) is 0 Å². The number of hydrogen-bond donors (Lipinski definition) is 0. The predicted octanol–water partition coefficient (Wildman–Crippen LogP) is 3.53. The third-order valence-corrected chi connectivity index (χ3v) is 10.5. The van der Waals surface area contributed by atoms with Gasteiger partial charge in [-0.1, -0.05) is 44.2 Å². The Morgan fingerprint density at radius 1 is 1.00 bits per heavy atom. The fraction of sp³-hybridized carbons (Fsp3) is 0.667. The summed E-state index contributed by atoms with van der Waals surface area (Å²) in [6.45, 7) is 4.45. The molecule has 7 atom stereocenters. The number of carbonyl (C=O) groups is 3. The van der Waals surface area contributed by atoms with Crippen LogP contribution in [0.25, 0.3) is 0 Å². The maximum atomic E-state index is 13.9. The second-order valence-electron chi connectivity index (χ2n) is 11.8. The standard InChI is InChI=1S/C27H33BO5/c1-25-12-10-19(29)14-17(25)8-9-20-21-11-13-27(26(21,2)15-22(30)24(20)25)23(31)16-32-28(33-27)18-6-4-3-5-7-18/h3-7,17,20-21,24H,8-16H2,1-2H3. The molecule has 5 aliphatic rings. The van der Waals surface area contributed by atoms with Crippen LogP contribution in [0, 0.1) is 34.5 Å². The van der Waals surface area contributed by atoms with Crippen LogP contribution in [0.1, 0.15) is 65.2 Å². The first-order chi connectivity index (χ1) is 15.8. The van der Waals surface area contributed by atoms with E-state index in [1.807, 2.05) is 30.3 Å². The summed E-state index contributed by atoms with van der Waals surface area (Å²) in [5, 5.41) is 0. The van der Waals surface area contributed by atoms with Crippen molar-refractivity contribution in [3.05, 3.63) is 30.3 Å². The first-order valence-electron chi connectivity index (χ1n) is 12.7. The van der Waals surface area contributed by atoms with E-state index in [-0.39, 0.29) is 35.6 Å². The van der Waals surface area contributed by atoms with Crippen LogP contribution in [0.15, 0.2) is 30.3 Å². The molecule has 4 aliphatic carbocycles. The van der Waals surface area contributed by atoms with E-state index in [1.165, 1.54) is 0 Å². The van der Waals surface area contributed by atoms with Crippen LogP contribution in [0.5, 0.6) is 0 Å². The molecule has 1 spiro atoms. The van der Waals surface area contributed by atoms with Gasteiger partial charge in [0.1, 0.15) is 17.2 Å². The Morgan fingerprint density at radius 2 is 1.79 bits per heavy atom. The van der Waals surface area contributed by atoms with Crippen LogP contribution in [0.3, 0.4) is 0 Å². The van der Waals surface area contributed by atoms with E-state index in [0.717, 1.165) is 31.1 Å². The Hall–Kier alpha value is -1.79. The fourth-order valence-electron chi connectivity index (χ4n) is 8.82. The van der Waals surface area contributed by atoms with Crippen molar-refractivity contribution in [2.45, 2.75) is 70.8 Å². The van der Waals surface area contributed by atoms with Crippen LogP contribution >= 0.6 is 0 Å². The van der Waals surface area contributed by atoms with Gasteiger partial charge in [0, 0.05) is 30.6 Å². The lowest BCUT2D eigenvalue weighted by Gasteiger charge is -2.60. The van der Waals surface area contributed by atoms with Gasteiger partial charge in [0.2, 0.25) is 0 Å². The normalized spacial score (nSPS) is 45.0. The minimum atomic E-state index is -0.961. The lowest BCUT2D eigenvalue weighted by atomic mass is 9.44. The molecule has 5 nitrogen and oxygen atoms in total. The fourth-order valence-corrected chi connectivity index (χ4v) is 8.82. The molecular formula is C27H33BO5. The Morgan fingerprint density at radius 3 is 2.58 bits per heavy atom. The molecule has 1 heterocycles. The Bertz CT molecular complexity index is 1010. The van der Waals surface area contributed by atoms with Crippen molar-refractivity contribution in [1.29, 1.82) is 0 Å². The molecule has 33 heavy (non-hydrogen) atoms. The summed E-state index contributed by atoms with van der Waals surface area (Å²) in [5.41, 5.74) is -0.640. The highest BCUT2D eigenvalue weighted by atomic mass is 16.6. The first-order valence-corrected chi connectivity index (χ1v) is 12.7. The highest BCUT2D eigenvalue weighted by molar-refractivity contribution is 6.62. The molecule has 1 aromatic carbocycles. The molecular weight excluding hydrogens is 415 g/mol. The molecule has 0 aromatic heterocycles. The molecule has 1 aromatic rings. The van der Waals surface area contributed by atoms with Gasteiger partial charge in [-0.05, 0) is 60.7 Å². The van der Waals surface area contributed by atoms with Gasteiger partial charge in [-0.3, -0.25) is 14.4 Å². The number of fused-ring (bicyclic) bond motifs is 6. The zero-order valence-electron chi connectivity index (χ0n) is 19.7. The molecule has 5 fully saturated rings. The molecule has 6 rings (SSSR count). The third-order valence-electron chi connectivity index (χ3n) is 10.5. The zero-order chi connectivity index (χ0) is 23.0. The third kappa shape index (κ3) is 2.89. The van der Waals surface area contributed by atoms with Crippen molar-refractivity contribution >= 4 is 29.9 Å². The second-order valence-corrected chi connectivity index (χ2v) is 11.8. The first kappa shape index (κ1) is 21.7. The number of rotatable bonds is 1. The lowest BCUT2D eigenvalue weighted by Crippen LogP contribution is -2.67. The molecule has 0 amide bonds. The maximum absolute atomic E-state index is 13.9. The van der Waals surface area contributed by atoms with E-state index >= 15 is 0 Å². The summed E-state index contributed by atoms with van der Waals surface area (Å²) in [5.74, 6) is 1.55. The van der Waals surface area contributed by atoms with Gasteiger partial charge in [0.05, 0.1) is 6.61 Å². The molecule has 7 unspecified atom stereocenters. The molecule has 6 heteroatoms. The van der Waals surface area contributed by atoms with Crippen molar-refractivity contribution in [1.82, 2.24) is 0 Å². The van der Waals surface area contributed by atoms with Gasteiger partial charge in [-0.15, -0.1) is 0 Å². The molecule has 174 valence electrons. The highest BCUT2D eigenvalue weighted by Gasteiger charge is 2.71. The molecule has 4 saturated carbocycles. The van der Waals surface area contributed by atoms with Crippen molar-refractivity contribution in [2.24, 2.45) is 34.5 Å². The molecule has 0 N–H and O–H groups in total. The van der Waals surface area contributed by atoms with Crippen LogP contribution in [0.4, 0.5) is 0 Å². The Labute approximate surface area is 196 Å². The second kappa shape index (κ2) is 7.35. The lowest BCUT2D eigenvalue weighted by molar-refractivity contribution is -0.180. The molecule has 1 aliphatic heterocycles. The van der Waals surface area contributed by atoms with Crippen molar-refractivity contribution in [3.8, 4) is 0 Å². The van der Waals surface area contributed by atoms with Gasteiger partial charge in [0.15, 0.2) is 5.78 Å². The van der Waals surface area contributed by atoms with E-state index in [9.17, 15) is 14.4 Å². The summed E-state index contributed by atoms with van der Waals surface area (Å²) in [6.07, 6.45) is 6.03. The highest BCUT2D eigenvalue weighted by Crippen LogP contribution is 2.68. The average molecular weight is 448 g/mol. The molecule has 0 bridgehead atoms. The summed E-state index contributed by atoms with van der Waals surface area (Å²) in [6, 6.07) is 9.80. The zero-order valence-corrected chi connectivity index (χ0v) is 19.7. The van der Waals surface area contributed by atoms with E-state index in [4.69, 9.17) is 9.31 Å². The quantitative estimate of drug-likeness (QED) is 0.615. The number of ketones is 3. The van der Waals surface area contributed by atoms with Gasteiger partial charge < -0.3 is 9.31 Å². The largest absolute Gasteiger partial charge is 0.494 e. The predicted molar refractivity (Wildman–Crippen MR) is 124 cm³/mol. The van der Waals surface area contributed by atoms with Gasteiger partial charge in [-0.25, -0.2) is 0 Å². The van der Waals surface area contributed by atoms with Crippen LogP contribution in [-0.4, -0.2) is 36.7 Å². The summed E-state index contributed by atoms with van der Waals surface area (Å²) < 4.78 is 12.4. The smallest absolute Gasteiger partial charge is 0.400 e. The van der Waals surface area contributed by atoms with E-state index in [0.29, 0.717) is 43.2 Å². The minimum absolute atomic E-state index is 0.00547. The maximum Gasteiger partial charge on any atom is 0.494 e. The SMILES string of the molecule is CC12CCC(=O)CC1CCC1C2C(=O)CC2(C)C1CCC21OB(c2ccccc2)OCC1=O. The van der Waals surface area contributed by atoms with E-state index in [1.54, 1.807) is 0 Å².